The number of halogens is 32. The molecular weight excluding hydrogens is 1150 g/mol. The van der Waals surface area contributed by atoms with Crippen LogP contribution in [0.15, 0.2) is 5.16 Å². The average molecular weight is 1160 g/mol. The first kappa shape index (κ1) is 62.2. The molecule has 0 aliphatic carbocycles. The highest BCUT2D eigenvalue weighted by atomic mass is 32.2. The minimum atomic E-state index is -8.43. The molecule has 0 bridgehead atoms. The van der Waals surface area contributed by atoms with Crippen LogP contribution in [-0.4, -0.2) is 94.7 Å². The van der Waals surface area contributed by atoms with Crippen LogP contribution in [0.5, 0.6) is 11.5 Å². The van der Waals surface area contributed by atoms with Crippen molar-refractivity contribution in [1.82, 2.24) is 5.48 Å². The summed E-state index contributed by atoms with van der Waals surface area (Å²) >= 11 is 0. The lowest BCUT2D eigenvalue weighted by Gasteiger charge is -2.32. The number of hydrogen-bond donors (Lipinski definition) is 1. The largest absolute Gasteiger partial charge is 0.487 e. The fourth-order valence-corrected chi connectivity index (χ4v) is 5.70. The van der Waals surface area contributed by atoms with Crippen molar-refractivity contribution >= 4 is 25.9 Å². The third kappa shape index (κ3) is 10.8. The van der Waals surface area contributed by atoms with Gasteiger partial charge in [-0.05, 0) is 0 Å². The Labute approximate surface area is 366 Å². The van der Waals surface area contributed by atoms with E-state index >= 15 is 0 Å². The lowest BCUT2D eigenvalue weighted by molar-refractivity contribution is -0.383. The Morgan fingerprint density at radius 2 is 0.789 bits per heavy atom. The van der Waals surface area contributed by atoms with Crippen LogP contribution in [0, 0.1) is 46.5 Å². The van der Waals surface area contributed by atoms with E-state index in [4.69, 9.17) is 0 Å². The van der Waals surface area contributed by atoms with Crippen LogP contribution in [-0.2, 0) is 28.8 Å². The van der Waals surface area contributed by atoms with Gasteiger partial charge < -0.3 is 9.47 Å². The first-order valence-corrected chi connectivity index (χ1v) is 18.7. The summed E-state index contributed by atoms with van der Waals surface area (Å²) < 4.78 is 492. The van der Waals surface area contributed by atoms with Gasteiger partial charge in [0.05, 0.1) is 24.3 Å². The molecule has 2 aromatic rings. The van der Waals surface area contributed by atoms with Crippen LogP contribution in [0.3, 0.4) is 0 Å². The summed E-state index contributed by atoms with van der Waals surface area (Å²) in [4.78, 5) is 0. The summed E-state index contributed by atoms with van der Waals surface area (Å²) in [7, 11) is -16.8. The molecule has 1 atom stereocenters. The Morgan fingerprint density at radius 1 is 0.465 bits per heavy atom. The van der Waals surface area contributed by atoms with Gasteiger partial charge in [0, 0.05) is 6.42 Å². The van der Waals surface area contributed by atoms with Gasteiger partial charge in [0.2, 0.25) is 23.3 Å². The van der Waals surface area contributed by atoms with Crippen LogP contribution >= 0.6 is 0 Å². The highest BCUT2D eigenvalue weighted by Gasteiger charge is 2.87. The van der Waals surface area contributed by atoms with Gasteiger partial charge in [0.15, 0.2) is 46.5 Å². The van der Waals surface area contributed by atoms with E-state index in [0.717, 1.165) is 5.16 Å². The van der Waals surface area contributed by atoms with E-state index in [2.05, 4.69) is 18.0 Å². The standard InChI is InChI=1S/C27H8F32N2O8S2/c28-6-4(16(18(36,37)38)60-68-70(62,63)26(56,57)22(46,47)20(42,43)24(50,51)52)7(29)11(33)14(10(6)32)66-2-1-3-67-15-12(34)8(30)5(9(31)13(15)35)17(19(39,40)41)61-69-71(64,65)27(58,59)23(48,49)21(44,45)25(53,54)55/h16,60H,1-3H2/b61-17-. The smallest absolute Gasteiger partial charge is 0.460 e. The predicted octanol–water partition coefficient (Wildman–Crippen LogP) is 10.6. The molecule has 1 N–H and O–H groups in total. The van der Waals surface area contributed by atoms with Crippen LogP contribution in [0.25, 0.3) is 0 Å². The molecule has 0 aliphatic rings. The van der Waals surface area contributed by atoms with E-state index in [1.807, 2.05) is 0 Å². The Kier molecular flexibility index (Phi) is 16.8. The van der Waals surface area contributed by atoms with Gasteiger partial charge >= 0.3 is 79.1 Å². The number of nitrogens with zero attached hydrogens (tertiary/aromatic N) is 1. The van der Waals surface area contributed by atoms with Crippen molar-refractivity contribution < 1.29 is 175 Å². The normalized spacial score (nSPS) is 15.3. The molecule has 0 aromatic heterocycles. The Bertz CT molecular complexity index is 2530. The highest BCUT2D eigenvalue weighted by molar-refractivity contribution is 7.88. The van der Waals surface area contributed by atoms with E-state index in [-0.39, 0.29) is 0 Å². The number of alkyl halides is 24. The maximum Gasteiger partial charge on any atom is 0.460 e. The molecule has 0 amide bonds. The fourth-order valence-electron chi connectivity index (χ4n) is 4.22. The summed E-state index contributed by atoms with van der Waals surface area (Å²) in [5.41, 5.74) is -11.2. The SMILES string of the molecule is O=S(=O)(O/N=C(/c1c(F)c(F)c(OCCCOc2c(F)c(F)c(C(NOS(=O)(=O)C(F)(F)C(F)(F)C(F)(F)C(F)(F)F)C(F)(F)F)c(F)c2F)c(F)c1F)C(F)(F)F)C(F)(F)C(F)(F)C(F)(F)C(F)(F)F. The van der Waals surface area contributed by atoms with Crippen LogP contribution < -0.4 is 15.0 Å². The molecule has 1 unspecified atom stereocenters. The van der Waals surface area contributed by atoms with Crippen LogP contribution in [0.4, 0.5) is 140 Å². The second-order valence-corrected chi connectivity index (χ2v) is 15.6. The molecule has 410 valence electrons. The summed E-state index contributed by atoms with van der Waals surface area (Å²) in [6.45, 7) is -3.45. The van der Waals surface area contributed by atoms with Crippen molar-refractivity contribution in [3.63, 3.8) is 0 Å². The molecule has 0 saturated carbocycles. The molecule has 0 aliphatic heterocycles. The van der Waals surface area contributed by atoms with Crippen molar-refractivity contribution in [3.8, 4) is 11.5 Å². The predicted molar refractivity (Wildman–Crippen MR) is 154 cm³/mol. The first-order chi connectivity index (χ1) is 31.2. The molecule has 2 aromatic carbocycles. The zero-order valence-electron chi connectivity index (χ0n) is 31.3. The first-order valence-electron chi connectivity index (χ1n) is 15.9. The second kappa shape index (κ2) is 19.2. The van der Waals surface area contributed by atoms with Gasteiger partial charge in [0.25, 0.3) is 0 Å². The van der Waals surface area contributed by atoms with E-state index < -0.39 is 185 Å². The lowest BCUT2D eigenvalue weighted by Crippen LogP contribution is -2.63. The zero-order valence-corrected chi connectivity index (χ0v) is 33.0. The summed E-state index contributed by atoms with van der Waals surface area (Å²) in [5, 5.41) is -14.9. The molecule has 0 spiro atoms. The van der Waals surface area contributed by atoms with Gasteiger partial charge in [0.1, 0.15) is 0 Å². The monoisotopic (exact) mass is 1160 g/mol. The number of ether oxygens (including phenoxy) is 2. The number of hydrogen-bond acceptors (Lipinski definition) is 10. The van der Waals surface area contributed by atoms with Crippen molar-refractivity contribution in [2.75, 3.05) is 13.2 Å². The molecule has 71 heavy (non-hydrogen) atoms. The molecular formula is C27H8F32N2O8S2. The number of nitrogens with one attached hydrogen (secondary N) is 1. The molecule has 0 heterocycles. The third-order valence-electron chi connectivity index (χ3n) is 7.75. The lowest BCUT2D eigenvalue weighted by atomic mass is 10.0. The minimum Gasteiger partial charge on any atom is -0.487 e. The molecule has 0 radical (unpaired) electrons. The Hall–Kier alpha value is -4.91. The van der Waals surface area contributed by atoms with E-state index in [1.165, 1.54) is 0 Å². The summed E-state index contributed by atoms with van der Waals surface area (Å²) in [6.07, 6.45) is -30.6. The van der Waals surface area contributed by atoms with E-state index in [1.54, 1.807) is 0 Å². The number of benzene rings is 2. The van der Waals surface area contributed by atoms with Crippen molar-refractivity contribution in [3.05, 3.63) is 57.7 Å². The molecule has 10 nitrogen and oxygen atoms in total. The van der Waals surface area contributed by atoms with Crippen molar-refractivity contribution in [2.45, 2.75) is 71.4 Å². The maximum absolute atomic E-state index is 14.7. The maximum atomic E-state index is 14.7. The van der Waals surface area contributed by atoms with Gasteiger partial charge in [-0.1, -0.05) is 5.16 Å². The average Bonchev–Trinajstić information content (AvgIpc) is 3.18. The van der Waals surface area contributed by atoms with Gasteiger partial charge in [-0.3, -0.25) is 4.28 Å². The fraction of sp³-hybridized carbons (Fsp3) is 0.519. The summed E-state index contributed by atoms with van der Waals surface area (Å²) in [6, 6.07) is -4.99. The van der Waals surface area contributed by atoms with Crippen LogP contribution in [0.2, 0.25) is 0 Å². The molecule has 2 rings (SSSR count). The highest BCUT2D eigenvalue weighted by Crippen LogP contribution is 2.57. The number of rotatable bonds is 19. The number of oxime groups is 1. The Balaban J connectivity index is 2.46. The summed E-state index contributed by atoms with van der Waals surface area (Å²) in [5.74, 6) is -65.0. The van der Waals surface area contributed by atoms with Crippen LogP contribution in [0.1, 0.15) is 23.6 Å². The van der Waals surface area contributed by atoms with E-state index in [9.17, 15) is 157 Å². The topological polar surface area (TPSA) is 130 Å². The molecule has 0 fully saturated rings. The van der Waals surface area contributed by atoms with Crippen molar-refractivity contribution in [2.24, 2.45) is 5.16 Å². The van der Waals surface area contributed by atoms with Gasteiger partial charge in [-0.2, -0.15) is 150 Å². The minimum absolute atomic E-state index is 0.456. The third-order valence-corrected chi connectivity index (χ3v) is 10.1. The molecule has 44 heteroatoms. The van der Waals surface area contributed by atoms with Gasteiger partial charge in [-0.15, -0.1) is 0 Å². The van der Waals surface area contributed by atoms with Gasteiger partial charge in [-0.25, -0.2) is 17.6 Å². The zero-order chi connectivity index (χ0) is 56.4. The number of hydroxylamine groups is 1. The van der Waals surface area contributed by atoms with Crippen molar-refractivity contribution in [1.29, 1.82) is 0 Å². The van der Waals surface area contributed by atoms with E-state index in [0.29, 0.717) is 0 Å². The quantitative estimate of drug-likeness (QED) is 0.0481. The molecule has 0 saturated heterocycles. The Morgan fingerprint density at radius 3 is 1.10 bits per heavy atom. The second-order valence-electron chi connectivity index (χ2n) is 12.4.